The van der Waals surface area contributed by atoms with Crippen LogP contribution in [0.4, 0.5) is 5.69 Å². The summed E-state index contributed by atoms with van der Waals surface area (Å²) in [7, 11) is 0. The number of nitrogens with zero attached hydrogens (tertiary/aromatic N) is 1. The molecule has 1 atom stereocenters. The first kappa shape index (κ1) is 15.6. The second-order valence-electron chi connectivity index (χ2n) is 5.42. The number of piperidine rings is 1. The smallest absolute Gasteiger partial charge is 0.226 e. The number of rotatable bonds is 6. The predicted octanol–water partition coefficient (Wildman–Crippen LogP) is 1.80. The molecule has 1 aliphatic heterocycles. The second-order valence-corrected chi connectivity index (χ2v) is 5.42. The van der Waals surface area contributed by atoms with Gasteiger partial charge in [0.15, 0.2) is 0 Å². The van der Waals surface area contributed by atoms with Crippen LogP contribution < -0.4 is 10.5 Å². The monoisotopic (exact) mass is 292 g/mol. The van der Waals surface area contributed by atoms with Gasteiger partial charge in [0.1, 0.15) is 5.75 Å². The first-order valence-corrected chi connectivity index (χ1v) is 7.59. The Morgan fingerprint density at radius 3 is 3.05 bits per heavy atom. The van der Waals surface area contributed by atoms with Crippen molar-refractivity contribution in [2.45, 2.75) is 38.1 Å². The lowest BCUT2D eigenvalue weighted by molar-refractivity contribution is -0.135. The number of ether oxygens (including phenoxy) is 1. The Labute approximate surface area is 125 Å². The average molecular weight is 292 g/mol. The molecule has 116 valence electrons. The summed E-state index contributed by atoms with van der Waals surface area (Å²) >= 11 is 0. The number of anilines is 1. The number of aliphatic hydroxyl groups is 1. The van der Waals surface area contributed by atoms with Crippen molar-refractivity contribution in [3.05, 3.63) is 24.3 Å². The molecule has 5 nitrogen and oxygen atoms in total. The quantitative estimate of drug-likeness (QED) is 0.784. The maximum absolute atomic E-state index is 12.3. The molecule has 1 fully saturated rings. The Morgan fingerprint density at radius 2 is 2.29 bits per heavy atom. The maximum Gasteiger partial charge on any atom is 0.226 e. The van der Waals surface area contributed by atoms with E-state index in [0.717, 1.165) is 25.8 Å². The largest absolute Gasteiger partial charge is 0.493 e. The Bertz CT molecular complexity index is 463. The van der Waals surface area contributed by atoms with E-state index in [2.05, 4.69) is 0 Å². The minimum absolute atomic E-state index is 0.108. The Kier molecular flexibility index (Phi) is 5.87. The zero-order chi connectivity index (χ0) is 15.1. The van der Waals surface area contributed by atoms with E-state index in [9.17, 15) is 4.79 Å². The lowest BCUT2D eigenvalue weighted by Crippen LogP contribution is -2.44. The molecule has 1 unspecified atom stereocenters. The van der Waals surface area contributed by atoms with Gasteiger partial charge in [0.2, 0.25) is 5.91 Å². The number of likely N-dealkylation sites (tertiary alicyclic amines) is 1. The van der Waals surface area contributed by atoms with Gasteiger partial charge in [-0.25, -0.2) is 0 Å². The number of hydrogen-bond donors (Lipinski definition) is 2. The van der Waals surface area contributed by atoms with Crippen LogP contribution in [0.15, 0.2) is 24.3 Å². The van der Waals surface area contributed by atoms with Gasteiger partial charge in [-0.3, -0.25) is 4.79 Å². The molecule has 1 aliphatic rings. The van der Waals surface area contributed by atoms with Crippen LogP contribution in [0.25, 0.3) is 0 Å². The van der Waals surface area contributed by atoms with Gasteiger partial charge in [-0.2, -0.15) is 0 Å². The number of carbonyl (C=O) groups is 1. The molecule has 3 N–H and O–H groups in total. The van der Waals surface area contributed by atoms with Crippen molar-refractivity contribution in [2.24, 2.45) is 0 Å². The second kappa shape index (κ2) is 7.88. The third-order valence-electron chi connectivity index (χ3n) is 3.85. The molecule has 0 aromatic heterocycles. The molecule has 1 heterocycles. The summed E-state index contributed by atoms with van der Waals surface area (Å²) in [5.41, 5.74) is 6.33. The zero-order valence-corrected chi connectivity index (χ0v) is 12.3. The fourth-order valence-electron chi connectivity index (χ4n) is 2.78. The highest BCUT2D eigenvalue weighted by Crippen LogP contribution is 2.20. The minimum Gasteiger partial charge on any atom is -0.493 e. The third kappa shape index (κ3) is 4.63. The Morgan fingerprint density at radius 1 is 1.43 bits per heavy atom. The first-order chi connectivity index (χ1) is 10.2. The van der Waals surface area contributed by atoms with Gasteiger partial charge in [-0.1, -0.05) is 6.07 Å². The van der Waals surface area contributed by atoms with E-state index < -0.39 is 0 Å². The highest BCUT2D eigenvalue weighted by atomic mass is 16.5. The van der Waals surface area contributed by atoms with E-state index in [-0.39, 0.29) is 18.6 Å². The molecular formula is C16H24N2O3. The van der Waals surface area contributed by atoms with E-state index >= 15 is 0 Å². The van der Waals surface area contributed by atoms with Crippen molar-refractivity contribution < 1.29 is 14.6 Å². The van der Waals surface area contributed by atoms with E-state index in [1.165, 1.54) is 0 Å². The van der Waals surface area contributed by atoms with Crippen LogP contribution in [-0.2, 0) is 4.79 Å². The summed E-state index contributed by atoms with van der Waals surface area (Å²) < 4.78 is 5.57. The molecule has 1 aromatic rings. The summed E-state index contributed by atoms with van der Waals surface area (Å²) in [6.07, 6.45) is 4.19. The summed E-state index contributed by atoms with van der Waals surface area (Å²) in [5, 5.41) is 9.09. The molecule has 21 heavy (non-hydrogen) atoms. The Balaban J connectivity index is 1.80. The molecular weight excluding hydrogens is 268 g/mol. The van der Waals surface area contributed by atoms with E-state index in [4.69, 9.17) is 15.6 Å². The Hall–Kier alpha value is -1.75. The van der Waals surface area contributed by atoms with Crippen molar-refractivity contribution in [1.82, 2.24) is 4.90 Å². The standard InChI is InChI=1S/C16H24N2O3/c17-13-4-3-6-15(12-13)21-11-8-16(20)18-9-2-1-5-14(18)7-10-19/h3-4,6,12,14,19H,1-2,5,7-11,17H2. The summed E-state index contributed by atoms with van der Waals surface area (Å²) in [6, 6.07) is 7.39. The number of hydrogen-bond acceptors (Lipinski definition) is 4. The number of carbonyl (C=O) groups excluding carboxylic acids is 1. The van der Waals surface area contributed by atoms with Crippen LogP contribution in [-0.4, -0.2) is 41.7 Å². The average Bonchev–Trinajstić information content (AvgIpc) is 2.48. The van der Waals surface area contributed by atoms with Crippen molar-refractivity contribution in [3.8, 4) is 5.75 Å². The van der Waals surface area contributed by atoms with Gasteiger partial charge < -0.3 is 20.5 Å². The fraction of sp³-hybridized carbons (Fsp3) is 0.562. The molecule has 1 saturated heterocycles. The number of nitrogen functional groups attached to an aromatic ring is 1. The fourth-order valence-corrected chi connectivity index (χ4v) is 2.78. The summed E-state index contributed by atoms with van der Waals surface area (Å²) in [4.78, 5) is 14.2. The molecule has 0 radical (unpaired) electrons. The van der Waals surface area contributed by atoms with E-state index in [0.29, 0.717) is 30.9 Å². The SMILES string of the molecule is Nc1cccc(OCCC(=O)N2CCCCC2CCO)c1. The van der Waals surface area contributed by atoms with Crippen LogP contribution in [0.1, 0.15) is 32.1 Å². The molecule has 2 rings (SSSR count). The number of benzene rings is 1. The molecule has 0 aliphatic carbocycles. The lowest BCUT2D eigenvalue weighted by Gasteiger charge is -2.35. The van der Waals surface area contributed by atoms with E-state index in [1.54, 1.807) is 12.1 Å². The van der Waals surface area contributed by atoms with Gasteiger partial charge in [0.05, 0.1) is 13.0 Å². The molecule has 5 heteroatoms. The highest BCUT2D eigenvalue weighted by molar-refractivity contribution is 5.76. The zero-order valence-electron chi connectivity index (χ0n) is 12.3. The van der Waals surface area contributed by atoms with Crippen LogP contribution in [0.3, 0.4) is 0 Å². The van der Waals surface area contributed by atoms with Crippen LogP contribution in [0.2, 0.25) is 0 Å². The van der Waals surface area contributed by atoms with Crippen LogP contribution in [0, 0.1) is 0 Å². The summed E-state index contributed by atoms with van der Waals surface area (Å²) in [5.74, 6) is 0.797. The number of nitrogens with two attached hydrogens (primary N) is 1. The minimum atomic E-state index is 0.108. The number of amides is 1. The van der Waals surface area contributed by atoms with Gasteiger partial charge in [0.25, 0.3) is 0 Å². The van der Waals surface area contributed by atoms with Crippen molar-refractivity contribution in [1.29, 1.82) is 0 Å². The first-order valence-electron chi connectivity index (χ1n) is 7.59. The molecule has 0 saturated carbocycles. The number of aliphatic hydroxyl groups excluding tert-OH is 1. The van der Waals surface area contributed by atoms with Crippen LogP contribution in [0.5, 0.6) is 5.75 Å². The van der Waals surface area contributed by atoms with E-state index in [1.807, 2.05) is 17.0 Å². The summed E-state index contributed by atoms with van der Waals surface area (Å²) in [6.45, 7) is 1.28. The molecule has 0 spiro atoms. The van der Waals surface area contributed by atoms with Crippen molar-refractivity contribution >= 4 is 11.6 Å². The van der Waals surface area contributed by atoms with Gasteiger partial charge >= 0.3 is 0 Å². The maximum atomic E-state index is 12.3. The molecule has 1 amide bonds. The highest BCUT2D eigenvalue weighted by Gasteiger charge is 2.25. The van der Waals surface area contributed by atoms with Crippen molar-refractivity contribution in [3.63, 3.8) is 0 Å². The third-order valence-corrected chi connectivity index (χ3v) is 3.85. The molecule has 1 aromatic carbocycles. The van der Waals surface area contributed by atoms with Gasteiger partial charge in [-0.05, 0) is 37.8 Å². The van der Waals surface area contributed by atoms with Crippen molar-refractivity contribution in [2.75, 3.05) is 25.5 Å². The topological polar surface area (TPSA) is 75.8 Å². The predicted molar refractivity (Wildman–Crippen MR) is 82.0 cm³/mol. The van der Waals surface area contributed by atoms with Gasteiger partial charge in [0, 0.05) is 30.9 Å². The normalized spacial score (nSPS) is 18.5. The van der Waals surface area contributed by atoms with Crippen LogP contribution >= 0.6 is 0 Å². The molecule has 0 bridgehead atoms. The lowest BCUT2D eigenvalue weighted by atomic mass is 9.99. The van der Waals surface area contributed by atoms with Gasteiger partial charge in [-0.15, -0.1) is 0 Å².